The normalized spacial score (nSPS) is 16.0. The summed E-state index contributed by atoms with van der Waals surface area (Å²) in [5.41, 5.74) is 1.08. The standard InChI is InChI=1S/C24H36ClN3O5/c1-28(14-13-17-7-9-19(25)10-8-17)22(30)12-11-20(16-29)26-23(31)21(27-24(32)33)15-18-5-3-2-4-6-18/h7-10,18,20-21,27,29H,2-6,11-16H2,1H3,(H,26,31)(H,32,33)/t20-,21-/m0/s1. The van der Waals surface area contributed by atoms with Crippen molar-refractivity contribution in [2.24, 2.45) is 5.92 Å². The molecule has 0 saturated heterocycles. The van der Waals surface area contributed by atoms with Gasteiger partial charge in [-0.1, -0.05) is 55.8 Å². The summed E-state index contributed by atoms with van der Waals surface area (Å²) >= 11 is 5.89. The molecule has 1 aliphatic carbocycles. The van der Waals surface area contributed by atoms with E-state index in [0.29, 0.717) is 30.3 Å². The average molecular weight is 482 g/mol. The van der Waals surface area contributed by atoms with Crippen LogP contribution in [-0.4, -0.2) is 65.3 Å². The van der Waals surface area contributed by atoms with E-state index >= 15 is 0 Å². The van der Waals surface area contributed by atoms with E-state index < -0.39 is 24.1 Å². The van der Waals surface area contributed by atoms with Crippen LogP contribution in [0.4, 0.5) is 4.79 Å². The maximum absolute atomic E-state index is 12.7. The first-order valence-corrected chi connectivity index (χ1v) is 12.1. The van der Waals surface area contributed by atoms with Gasteiger partial charge in [-0.2, -0.15) is 0 Å². The first kappa shape index (κ1) is 26.9. The van der Waals surface area contributed by atoms with Crippen LogP contribution in [0.1, 0.15) is 56.9 Å². The first-order valence-electron chi connectivity index (χ1n) is 11.7. The summed E-state index contributed by atoms with van der Waals surface area (Å²) in [5, 5.41) is 24.5. The van der Waals surface area contributed by atoms with Crippen LogP contribution in [0.5, 0.6) is 0 Å². The van der Waals surface area contributed by atoms with Crippen molar-refractivity contribution in [2.75, 3.05) is 20.2 Å². The molecule has 2 atom stereocenters. The van der Waals surface area contributed by atoms with Crippen molar-refractivity contribution in [3.8, 4) is 0 Å². The highest BCUT2D eigenvalue weighted by molar-refractivity contribution is 6.30. The van der Waals surface area contributed by atoms with Crippen molar-refractivity contribution in [1.29, 1.82) is 0 Å². The number of amides is 3. The van der Waals surface area contributed by atoms with Crippen LogP contribution < -0.4 is 10.6 Å². The Labute approximate surface area is 200 Å². The molecule has 1 aromatic rings. The number of hydrogen-bond donors (Lipinski definition) is 4. The fourth-order valence-corrected chi connectivity index (χ4v) is 4.33. The summed E-state index contributed by atoms with van der Waals surface area (Å²) in [7, 11) is 1.72. The molecule has 0 radical (unpaired) electrons. The smallest absolute Gasteiger partial charge is 0.405 e. The number of aliphatic hydroxyl groups excluding tert-OH is 1. The Morgan fingerprint density at radius 3 is 2.39 bits per heavy atom. The van der Waals surface area contributed by atoms with Crippen LogP contribution in [0.15, 0.2) is 24.3 Å². The first-order chi connectivity index (χ1) is 15.8. The minimum Gasteiger partial charge on any atom is -0.465 e. The fraction of sp³-hybridized carbons (Fsp3) is 0.625. The van der Waals surface area contributed by atoms with Gasteiger partial charge in [0.15, 0.2) is 0 Å². The second kappa shape index (κ2) is 14.1. The SMILES string of the molecule is CN(CCc1ccc(Cl)cc1)C(=O)CC[C@@H](CO)NC(=O)[C@H](CC1CCCCC1)NC(=O)O. The van der Waals surface area contributed by atoms with Gasteiger partial charge in [-0.25, -0.2) is 4.79 Å². The minimum atomic E-state index is -1.25. The van der Waals surface area contributed by atoms with E-state index in [0.717, 1.165) is 31.2 Å². The van der Waals surface area contributed by atoms with E-state index in [-0.39, 0.29) is 25.4 Å². The largest absolute Gasteiger partial charge is 0.465 e. The number of carboxylic acid groups (broad SMARTS) is 1. The van der Waals surface area contributed by atoms with Gasteiger partial charge in [0.25, 0.3) is 0 Å². The molecule has 2 rings (SSSR count). The van der Waals surface area contributed by atoms with Crippen LogP contribution >= 0.6 is 11.6 Å². The molecule has 184 valence electrons. The molecule has 0 heterocycles. The van der Waals surface area contributed by atoms with Gasteiger partial charge in [0.2, 0.25) is 11.8 Å². The van der Waals surface area contributed by atoms with Crippen LogP contribution in [0.3, 0.4) is 0 Å². The molecular weight excluding hydrogens is 446 g/mol. The molecule has 3 amide bonds. The Morgan fingerprint density at radius 1 is 1.12 bits per heavy atom. The van der Waals surface area contributed by atoms with Gasteiger partial charge >= 0.3 is 6.09 Å². The lowest BCUT2D eigenvalue weighted by Gasteiger charge is -2.27. The molecule has 1 fully saturated rings. The zero-order valence-corrected chi connectivity index (χ0v) is 20.0. The molecule has 1 aromatic carbocycles. The molecule has 0 aliphatic heterocycles. The van der Waals surface area contributed by atoms with E-state index in [1.54, 1.807) is 11.9 Å². The summed E-state index contributed by atoms with van der Waals surface area (Å²) in [6, 6.07) is 6.00. The molecule has 0 aromatic heterocycles. The maximum atomic E-state index is 12.7. The predicted molar refractivity (Wildman–Crippen MR) is 127 cm³/mol. The van der Waals surface area contributed by atoms with Crippen molar-refractivity contribution >= 4 is 29.5 Å². The van der Waals surface area contributed by atoms with Crippen molar-refractivity contribution < 1.29 is 24.6 Å². The third-order valence-electron chi connectivity index (χ3n) is 6.26. The molecule has 0 unspecified atom stereocenters. The Bertz CT molecular complexity index is 768. The number of hydrogen-bond acceptors (Lipinski definition) is 4. The zero-order chi connectivity index (χ0) is 24.2. The fourth-order valence-electron chi connectivity index (χ4n) is 4.21. The van der Waals surface area contributed by atoms with E-state index in [9.17, 15) is 19.5 Å². The number of rotatable bonds is 12. The van der Waals surface area contributed by atoms with Gasteiger partial charge in [-0.3, -0.25) is 9.59 Å². The van der Waals surface area contributed by atoms with Crippen molar-refractivity contribution in [3.63, 3.8) is 0 Å². The average Bonchev–Trinajstić information content (AvgIpc) is 2.80. The summed E-state index contributed by atoms with van der Waals surface area (Å²) < 4.78 is 0. The third kappa shape index (κ3) is 10.0. The summed E-state index contributed by atoms with van der Waals surface area (Å²) in [4.78, 5) is 38.0. The number of nitrogens with one attached hydrogen (secondary N) is 2. The van der Waals surface area contributed by atoms with Crippen molar-refractivity contribution in [3.05, 3.63) is 34.9 Å². The molecule has 1 aliphatic rings. The van der Waals surface area contributed by atoms with Gasteiger partial charge < -0.3 is 25.7 Å². The Balaban J connectivity index is 1.80. The lowest BCUT2D eigenvalue weighted by atomic mass is 9.84. The molecular formula is C24H36ClN3O5. The van der Waals surface area contributed by atoms with Crippen LogP contribution in [-0.2, 0) is 16.0 Å². The van der Waals surface area contributed by atoms with Crippen molar-refractivity contribution in [2.45, 2.75) is 69.9 Å². The number of carbonyl (C=O) groups is 3. The van der Waals surface area contributed by atoms with E-state index in [1.807, 2.05) is 24.3 Å². The second-order valence-corrected chi connectivity index (χ2v) is 9.30. The number of nitrogens with zero attached hydrogens (tertiary/aromatic N) is 1. The van der Waals surface area contributed by atoms with Gasteiger partial charge in [0.1, 0.15) is 6.04 Å². The lowest BCUT2D eigenvalue weighted by molar-refractivity contribution is -0.130. The zero-order valence-electron chi connectivity index (χ0n) is 19.3. The van der Waals surface area contributed by atoms with Crippen LogP contribution in [0, 0.1) is 5.92 Å². The number of carbonyl (C=O) groups excluding carboxylic acids is 2. The van der Waals surface area contributed by atoms with Gasteiger partial charge in [0, 0.05) is 25.0 Å². The van der Waals surface area contributed by atoms with Crippen LogP contribution in [0.2, 0.25) is 5.02 Å². The number of likely N-dealkylation sites (N-methyl/N-ethyl adjacent to an activating group) is 1. The quantitative estimate of drug-likeness (QED) is 0.365. The minimum absolute atomic E-state index is 0.0842. The number of halogens is 1. The van der Waals surface area contributed by atoms with E-state index in [1.165, 1.54) is 6.42 Å². The predicted octanol–water partition coefficient (Wildman–Crippen LogP) is 3.20. The van der Waals surface area contributed by atoms with E-state index in [4.69, 9.17) is 16.7 Å². The lowest BCUT2D eigenvalue weighted by Crippen LogP contribution is -2.51. The molecule has 8 nitrogen and oxygen atoms in total. The molecule has 0 bridgehead atoms. The molecule has 9 heteroatoms. The highest BCUT2D eigenvalue weighted by Gasteiger charge is 2.27. The Kier molecular flexibility index (Phi) is 11.5. The summed E-state index contributed by atoms with van der Waals surface area (Å²) in [5.74, 6) is -0.227. The Morgan fingerprint density at radius 2 is 1.79 bits per heavy atom. The van der Waals surface area contributed by atoms with Gasteiger partial charge in [-0.15, -0.1) is 0 Å². The summed E-state index contributed by atoms with van der Waals surface area (Å²) in [6.07, 6.45) is 5.69. The molecule has 0 spiro atoms. The van der Waals surface area contributed by atoms with Gasteiger partial charge in [0.05, 0.1) is 12.6 Å². The van der Waals surface area contributed by atoms with Gasteiger partial charge in [-0.05, 0) is 42.9 Å². The number of benzene rings is 1. The highest BCUT2D eigenvalue weighted by atomic mass is 35.5. The summed E-state index contributed by atoms with van der Waals surface area (Å²) in [6.45, 7) is 0.222. The van der Waals surface area contributed by atoms with Crippen molar-refractivity contribution in [1.82, 2.24) is 15.5 Å². The van der Waals surface area contributed by atoms with E-state index in [2.05, 4.69) is 10.6 Å². The molecule has 1 saturated carbocycles. The maximum Gasteiger partial charge on any atom is 0.405 e. The molecule has 4 N–H and O–H groups in total. The van der Waals surface area contributed by atoms with Crippen LogP contribution in [0.25, 0.3) is 0 Å². The number of aliphatic hydroxyl groups is 1. The Hall–Kier alpha value is -2.32. The second-order valence-electron chi connectivity index (χ2n) is 8.86. The molecule has 33 heavy (non-hydrogen) atoms. The highest BCUT2D eigenvalue weighted by Crippen LogP contribution is 2.27. The third-order valence-corrected chi connectivity index (χ3v) is 6.51. The monoisotopic (exact) mass is 481 g/mol. The topological polar surface area (TPSA) is 119 Å².